The fourth-order valence-electron chi connectivity index (χ4n) is 12.3. The first-order valence-electron chi connectivity index (χ1n) is 36.5. The molecule has 111 heavy (non-hydrogen) atoms. The van der Waals surface area contributed by atoms with Crippen molar-refractivity contribution in [2.24, 2.45) is 0 Å². The van der Waals surface area contributed by atoms with E-state index in [1.54, 1.807) is 67.6 Å². The molecule has 0 unspecified atom stereocenters. The third-order valence-corrected chi connectivity index (χ3v) is 23.4. The van der Waals surface area contributed by atoms with Gasteiger partial charge in [0.2, 0.25) is 5.82 Å². The first kappa shape index (κ1) is 81.3. The van der Waals surface area contributed by atoms with Crippen LogP contribution in [0.15, 0.2) is 205 Å². The fraction of sp³-hybridized carbons (Fsp3) is 0.261. The summed E-state index contributed by atoms with van der Waals surface area (Å²) >= 11 is 3.70. The van der Waals surface area contributed by atoms with Gasteiger partial charge < -0.3 is 38.5 Å². The molecule has 1 amide bonds. The number of fused-ring (bicyclic) bond motifs is 4. The van der Waals surface area contributed by atoms with Gasteiger partial charge in [-0.3, -0.25) is 9.59 Å². The van der Waals surface area contributed by atoms with Gasteiger partial charge in [0.05, 0.1) is 67.0 Å². The number of thioether (sulfide) groups is 4. The predicted molar refractivity (Wildman–Crippen MR) is 427 cm³/mol. The second-order valence-electron chi connectivity index (χ2n) is 26.2. The van der Waals surface area contributed by atoms with Crippen molar-refractivity contribution in [3.63, 3.8) is 0 Å². The van der Waals surface area contributed by atoms with Gasteiger partial charge in [0.25, 0.3) is 5.91 Å². The van der Waals surface area contributed by atoms with E-state index in [1.165, 1.54) is 12.1 Å². The van der Waals surface area contributed by atoms with E-state index < -0.39 is 64.6 Å². The van der Waals surface area contributed by atoms with Gasteiger partial charge in [-0.1, -0.05) is 185 Å². The Bertz CT molecular complexity index is 5070. The first-order valence-corrected chi connectivity index (χ1v) is 39.8. The summed E-state index contributed by atoms with van der Waals surface area (Å²) in [7, 11) is 0. The van der Waals surface area contributed by atoms with E-state index in [1.807, 2.05) is 66.7 Å². The molecule has 11 rings (SSSR count). The maximum atomic E-state index is 17.6. The summed E-state index contributed by atoms with van der Waals surface area (Å²) in [5.74, 6) is -7.35. The Balaban J connectivity index is 0.871. The minimum atomic E-state index is -4.70. The van der Waals surface area contributed by atoms with Gasteiger partial charge in [0.15, 0.2) is 17.3 Å². The summed E-state index contributed by atoms with van der Waals surface area (Å²) in [5, 5.41) is 28.3. The van der Waals surface area contributed by atoms with Crippen molar-refractivity contribution < 1.29 is 74.7 Å². The van der Waals surface area contributed by atoms with E-state index in [0.29, 0.717) is 60.5 Å². The standard InChI is InChI=1S/C88H79F4N3O12S4/c1-6-10-14-19-55-21-27-58(28-22-55)68(52-93)86-108-80-76(84(99)95-65-36-40-71(54(5)47-65)106-85(100)64-33-32-63-51-67(38-35-61(63)49-64)102-45-18-46-104-74(97)9-4)81-83(111-87(109-81)69(53-94)59-29-23-56(24-30-59)20-15-11-7-2)79(82(80)110-86)107-88(91,92)70-39-41-72(78(90)77(70)89)105-75(98)42-26-57-25-31-62-50-66(37-34-60(62)48-57)101-43-16-12-13-17-44-103-73(96)8-3/h8-9,21-25,27-41,47-51H,3-4,6-7,10-20,26,42-46H2,1-2,5H3,(H,95,99)/b86-68-,87-69+. The molecule has 0 aromatic heterocycles. The summed E-state index contributed by atoms with van der Waals surface area (Å²) in [6.07, 6.45) is 8.75. The van der Waals surface area contributed by atoms with Gasteiger partial charge in [-0.05, 0) is 186 Å². The van der Waals surface area contributed by atoms with E-state index in [0.717, 1.165) is 181 Å². The minimum Gasteiger partial charge on any atom is -0.494 e. The minimum absolute atomic E-state index is 0.0381. The van der Waals surface area contributed by atoms with Crippen molar-refractivity contribution >= 4 is 115 Å². The Morgan fingerprint density at radius 1 is 0.505 bits per heavy atom. The zero-order valence-corrected chi connectivity index (χ0v) is 64.6. The predicted octanol–water partition coefficient (Wildman–Crippen LogP) is 22.5. The van der Waals surface area contributed by atoms with Gasteiger partial charge in [-0.25, -0.2) is 18.8 Å². The molecule has 570 valence electrons. The summed E-state index contributed by atoms with van der Waals surface area (Å²) in [4.78, 5) is 65.4. The molecule has 23 heteroatoms. The van der Waals surface area contributed by atoms with Crippen molar-refractivity contribution in [3.05, 3.63) is 247 Å². The molecule has 0 fully saturated rings. The molecule has 9 aromatic rings. The Labute approximate surface area is 658 Å². The average molecular weight is 1570 g/mol. The lowest BCUT2D eigenvalue weighted by Gasteiger charge is -2.23. The van der Waals surface area contributed by atoms with E-state index in [-0.39, 0.29) is 81.2 Å². The van der Waals surface area contributed by atoms with Crippen LogP contribution >= 0.6 is 47.0 Å². The third-order valence-electron chi connectivity index (χ3n) is 18.2. The average Bonchev–Trinajstić information content (AvgIpc) is 1.58. The normalized spacial score (nSPS) is 13.1. The number of benzene rings is 9. The smallest absolute Gasteiger partial charge is 0.429 e. The van der Waals surface area contributed by atoms with Gasteiger partial charge in [0.1, 0.15) is 35.0 Å². The lowest BCUT2D eigenvalue weighted by atomic mass is 10.0. The van der Waals surface area contributed by atoms with Crippen LogP contribution in [0.3, 0.4) is 0 Å². The summed E-state index contributed by atoms with van der Waals surface area (Å²) in [6.45, 7) is 14.0. The quantitative estimate of drug-likeness (QED) is 0.00966. The first-order chi connectivity index (χ1) is 53.8. The maximum absolute atomic E-state index is 17.6. The van der Waals surface area contributed by atoms with Gasteiger partial charge in [0, 0.05) is 40.5 Å². The molecule has 0 saturated carbocycles. The number of alkyl halides is 2. The van der Waals surface area contributed by atoms with Gasteiger partial charge >= 0.3 is 30.0 Å². The van der Waals surface area contributed by atoms with Crippen LogP contribution < -0.4 is 29.0 Å². The van der Waals surface area contributed by atoms with Crippen LogP contribution in [0.4, 0.5) is 23.2 Å². The Kier molecular flexibility index (Phi) is 28.4. The number of ether oxygens (including phenoxy) is 7. The van der Waals surface area contributed by atoms with Crippen molar-refractivity contribution in [2.75, 3.05) is 31.7 Å². The lowest BCUT2D eigenvalue weighted by molar-refractivity contribution is -0.190. The highest BCUT2D eigenvalue weighted by molar-refractivity contribution is 8.26. The number of hydrogen-bond donors (Lipinski definition) is 1. The largest absolute Gasteiger partial charge is 0.494 e. The molecule has 9 aromatic carbocycles. The highest BCUT2D eigenvalue weighted by Crippen LogP contribution is 2.68. The number of nitriles is 2. The molecule has 0 aliphatic carbocycles. The summed E-state index contributed by atoms with van der Waals surface area (Å²) in [5.41, 5.74) is 3.46. The van der Waals surface area contributed by atoms with Crippen molar-refractivity contribution in [3.8, 4) is 40.9 Å². The number of hydrogen-bond acceptors (Lipinski definition) is 18. The molecule has 15 nitrogen and oxygen atoms in total. The monoisotopic (exact) mass is 1570 g/mol. The van der Waals surface area contributed by atoms with E-state index in [4.69, 9.17) is 33.2 Å². The number of allylic oxidation sites excluding steroid dienone is 2. The number of esters is 4. The number of carbonyl (C=O) groups excluding carboxylic acids is 5. The number of aryl methyl sites for hydroxylation is 4. The second-order valence-corrected chi connectivity index (χ2v) is 30.8. The van der Waals surface area contributed by atoms with E-state index in [2.05, 4.69) is 44.5 Å². The Morgan fingerprint density at radius 2 is 1.00 bits per heavy atom. The van der Waals surface area contributed by atoms with Gasteiger partial charge in [-0.2, -0.15) is 23.7 Å². The van der Waals surface area contributed by atoms with Crippen LogP contribution in [0.5, 0.6) is 28.7 Å². The zero-order valence-electron chi connectivity index (χ0n) is 61.4. The molecule has 0 atom stereocenters. The van der Waals surface area contributed by atoms with Crippen molar-refractivity contribution in [1.82, 2.24) is 0 Å². The van der Waals surface area contributed by atoms with Crippen LogP contribution in [0.1, 0.15) is 151 Å². The second kappa shape index (κ2) is 38.8. The third kappa shape index (κ3) is 20.9. The van der Waals surface area contributed by atoms with Gasteiger partial charge in [-0.15, -0.1) is 0 Å². The Morgan fingerprint density at radius 3 is 1.56 bits per heavy atom. The molecule has 0 spiro atoms. The summed E-state index contributed by atoms with van der Waals surface area (Å²) < 4.78 is 108. The molecule has 2 heterocycles. The number of nitrogens with one attached hydrogen (secondary N) is 1. The summed E-state index contributed by atoms with van der Waals surface area (Å²) in [6, 6.07) is 47.0. The molecular formula is C88H79F4N3O12S4. The molecule has 0 bridgehead atoms. The zero-order chi connectivity index (χ0) is 78.6. The van der Waals surface area contributed by atoms with Crippen LogP contribution in [0, 0.1) is 41.2 Å². The number of anilines is 1. The molecule has 2 aliphatic heterocycles. The van der Waals surface area contributed by atoms with E-state index >= 15 is 22.4 Å². The van der Waals surface area contributed by atoms with Crippen LogP contribution in [-0.2, 0) is 49.2 Å². The molecule has 2 aliphatic rings. The van der Waals surface area contributed by atoms with Crippen LogP contribution in [-0.4, -0.2) is 56.2 Å². The molecule has 1 N–H and O–H groups in total. The fourth-order valence-corrected chi connectivity index (χ4v) is 17.9. The highest BCUT2D eigenvalue weighted by atomic mass is 32.2. The molecule has 0 radical (unpaired) electrons. The number of halogens is 4. The number of nitrogens with zero attached hydrogens (tertiary/aromatic N) is 2. The maximum Gasteiger partial charge on any atom is 0.429 e. The number of unbranched alkanes of at least 4 members (excludes halogenated alkanes) is 7. The molecule has 0 saturated heterocycles. The number of amides is 1. The Hall–Kier alpha value is -10.7. The molecular weight excluding hydrogens is 1500 g/mol. The van der Waals surface area contributed by atoms with E-state index in [9.17, 15) is 29.7 Å². The lowest BCUT2D eigenvalue weighted by Crippen LogP contribution is -2.25. The number of carbonyl (C=O) groups is 5. The van der Waals surface area contributed by atoms with Crippen molar-refractivity contribution in [1.29, 1.82) is 10.5 Å². The van der Waals surface area contributed by atoms with Crippen LogP contribution in [0.2, 0.25) is 0 Å². The number of rotatable bonds is 36. The SMILES string of the molecule is C=CC(=O)OCCCCCCOc1ccc2cc(CCC(=O)Oc3ccc(C(F)(F)Oc4c5c(c(C(=O)Nc6ccc(OC(=O)c7ccc8cc(OCCCOC(=O)C=C)ccc8c7)c(C)c6)c6c4S/C(=C(/C#N)c4ccc(CCCCC)cc4)S6)S/C(=C(/C#N)c4ccc(CCCCC)cc4)S5)c(F)c3F)ccc2c1. The topological polar surface area (TPSA) is 210 Å². The highest BCUT2D eigenvalue weighted by Gasteiger charge is 2.46. The van der Waals surface area contributed by atoms with Crippen LogP contribution in [0.25, 0.3) is 32.7 Å². The van der Waals surface area contributed by atoms with Crippen molar-refractivity contribution in [2.45, 2.75) is 143 Å².